The van der Waals surface area contributed by atoms with Crippen LogP contribution in [-0.2, 0) is 6.54 Å². The minimum absolute atomic E-state index is 0.237. The molecule has 0 spiro atoms. The average molecular weight is 504 g/mol. The fourth-order valence-electron chi connectivity index (χ4n) is 4.23. The number of benzene rings is 3. The summed E-state index contributed by atoms with van der Waals surface area (Å²) in [5, 5.41) is 16.2. The maximum Gasteiger partial charge on any atom is 0.227 e. The molecule has 186 valence electrons. The molecule has 0 radical (unpaired) electrons. The molecule has 1 aliphatic carbocycles. The van der Waals surface area contributed by atoms with Gasteiger partial charge in [-0.15, -0.1) is 0 Å². The van der Waals surface area contributed by atoms with Gasteiger partial charge in [-0.05, 0) is 62.2 Å². The number of aliphatic hydroxyl groups excluding tert-OH is 1. The van der Waals surface area contributed by atoms with Gasteiger partial charge in [0.25, 0.3) is 0 Å². The summed E-state index contributed by atoms with van der Waals surface area (Å²) in [6.45, 7) is 3.35. The predicted octanol–water partition coefficient (Wildman–Crippen LogP) is 6.03. The Kier molecular flexibility index (Phi) is 7.56. The molecule has 7 heteroatoms. The second-order valence-corrected chi connectivity index (χ2v) is 9.55. The van der Waals surface area contributed by atoms with Crippen molar-refractivity contribution in [2.75, 3.05) is 13.2 Å². The smallest absolute Gasteiger partial charge is 0.227 e. The van der Waals surface area contributed by atoms with E-state index in [-0.39, 0.29) is 6.61 Å². The number of rotatable bonds is 11. The summed E-state index contributed by atoms with van der Waals surface area (Å²) in [6.07, 6.45) is 1.61. The monoisotopic (exact) mass is 503 g/mol. The fourth-order valence-corrected chi connectivity index (χ4v) is 4.41. The Morgan fingerprint density at radius 3 is 2.36 bits per heavy atom. The molecule has 1 saturated carbocycles. The molecule has 1 aromatic heterocycles. The van der Waals surface area contributed by atoms with Gasteiger partial charge in [0.15, 0.2) is 0 Å². The highest BCUT2D eigenvalue weighted by molar-refractivity contribution is 6.30. The number of aliphatic hydroxyl groups is 1. The average Bonchev–Trinajstić information content (AvgIpc) is 3.70. The molecule has 0 aliphatic heterocycles. The van der Waals surface area contributed by atoms with Crippen LogP contribution in [0.2, 0.25) is 5.02 Å². The number of hydrogen-bond acceptors (Lipinski definition) is 5. The van der Waals surface area contributed by atoms with E-state index >= 15 is 0 Å². The van der Waals surface area contributed by atoms with E-state index in [9.17, 15) is 5.11 Å². The molecule has 1 aliphatic rings. The molecule has 36 heavy (non-hydrogen) atoms. The highest BCUT2D eigenvalue weighted by Crippen LogP contribution is 2.35. The molecular weight excluding hydrogens is 474 g/mol. The lowest BCUT2D eigenvalue weighted by Crippen LogP contribution is -2.36. The maximum absolute atomic E-state index is 10.8. The molecule has 0 saturated heterocycles. The molecule has 1 N–H and O–H groups in total. The Morgan fingerprint density at radius 2 is 1.69 bits per heavy atom. The molecule has 1 atom stereocenters. The molecular formula is C29H30ClN3O3. The van der Waals surface area contributed by atoms with Crippen LogP contribution in [0.4, 0.5) is 0 Å². The van der Waals surface area contributed by atoms with Crippen molar-refractivity contribution in [1.82, 2.24) is 14.7 Å². The van der Waals surface area contributed by atoms with E-state index < -0.39 is 6.10 Å². The topological polar surface area (TPSA) is 59.8 Å². The summed E-state index contributed by atoms with van der Waals surface area (Å²) in [5.74, 6) is 2.14. The maximum atomic E-state index is 10.8. The first-order chi connectivity index (χ1) is 17.6. The van der Waals surface area contributed by atoms with Gasteiger partial charge in [0.2, 0.25) is 5.88 Å². The number of hydrogen-bond donors (Lipinski definition) is 1. The zero-order valence-corrected chi connectivity index (χ0v) is 21.0. The van der Waals surface area contributed by atoms with Crippen LogP contribution in [-0.4, -0.2) is 45.1 Å². The Hall–Kier alpha value is -3.32. The van der Waals surface area contributed by atoms with E-state index in [1.165, 1.54) is 0 Å². The van der Waals surface area contributed by atoms with E-state index in [1.54, 1.807) is 0 Å². The Bertz CT molecular complexity index is 1280. The highest BCUT2D eigenvalue weighted by Gasteiger charge is 2.32. The van der Waals surface area contributed by atoms with Crippen LogP contribution in [0.15, 0.2) is 84.9 Å². The zero-order chi connectivity index (χ0) is 24.9. The Morgan fingerprint density at radius 1 is 1.00 bits per heavy atom. The fraction of sp³-hybridized carbons (Fsp3) is 0.276. The molecule has 6 nitrogen and oxygen atoms in total. The third-order valence-corrected chi connectivity index (χ3v) is 6.44. The van der Waals surface area contributed by atoms with Crippen LogP contribution in [0, 0.1) is 6.92 Å². The van der Waals surface area contributed by atoms with Gasteiger partial charge < -0.3 is 14.6 Å². The Balaban J connectivity index is 1.39. The molecule has 1 fully saturated rings. The molecule has 1 unspecified atom stereocenters. The van der Waals surface area contributed by atoms with Crippen molar-refractivity contribution >= 4 is 11.6 Å². The second-order valence-electron chi connectivity index (χ2n) is 9.11. The normalized spacial score (nSPS) is 14.1. The van der Waals surface area contributed by atoms with Crippen molar-refractivity contribution < 1.29 is 14.6 Å². The summed E-state index contributed by atoms with van der Waals surface area (Å²) in [6, 6.07) is 27.3. The van der Waals surface area contributed by atoms with Crippen molar-refractivity contribution in [2.45, 2.75) is 38.5 Å². The van der Waals surface area contributed by atoms with Gasteiger partial charge in [0, 0.05) is 24.2 Å². The van der Waals surface area contributed by atoms with Gasteiger partial charge in [-0.1, -0.05) is 54.1 Å². The molecule has 5 rings (SSSR count). The first-order valence-corrected chi connectivity index (χ1v) is 12.6. The lowest BCUT2D eigenvalue weighted by Gasteiger charge is -2.25. The molecule has 0 amide bonds. The zero-order valence-electron chi connectivity index (χ0n) is 20.3. The summed E-state index contributed by atoms with van der Waals surface area (Å²) in [4.78, 5) is 2.31. The highest BCUT2D eigenvalue weighted by atomic mass is 35.5. The third kappa shape index (κ3) is 6.08. The summed E-state index contributed by atoms with van der Waals surface area (Å²) < 4.78 is 14.0. The van der Waals surface area contributed by atoms with Gasteiger partial charge in [0.05, 0.1) is 16.9 Å². The minimum atomic E-state index is -0.618. The van der Waals surface area contributed by atoms with E-state index in [1.807, 2.05) is 96.5 Å². The van der Waals surface area contributed by atoms with Crippen LogP contribution in [0.25, 0.3) is 5.69 Å². The van der Waals surface area contributed by atoms with E-state index in [4.69, 9.17) is 26.2 Å². The Labute approximate surface area is 216 Å². The molecule has 3 aromatic carbocycles. The minimum Gasteiger partial charge on any atom is -0.491 e. The number of halogens is 1. The second kappa shape index (κ2) is 11.2. The lowest BCUT2D eigenvalue weighted by molar-refractivity contribution is 0.0623. The summed E-state index contributed by atoms with van der Waals surface area (Å²) >= 11 is 6.29. The molecule has 4 aromatic rings. The first-order valence-electron chi connectivity index (χ1n) is 12.2. The summed E-state index contributed by atoms with van der Waals surface area (Å²) in [7, 11) is 0. The van der Waals surface area contributed by atoms with Gasteiger partial charge in [-0.2, -0.15) is 5.10 Å². The lowest BCUT2D eigenvalue weighted by atomic mass is 10.2. The van der Waals surface area contributed by atoms with Gasteiger partial charge in [-0.3, -0.25) is 4.90 Å². The SMILES string of the molecule is Cc1nn(-c2cccc(Cl)c2)c(Oc2ccccc2)c1CN(CC(O)COc1ccccc1)C1CC1. The molecule has 1 heterocycles. The van der Waals surface area contributed by atoms with Crippen molar-refractivity contribution in [3.63, 3.8) is 0 Å². The van der Waals surface area contributed by atoms with Gasteiger partial charge in [-0.25, -0.2) is 4.68 Å². The number of aromatic nitrogens is 2. The number of nitrogens with zero attached hydrogens (tertiary/aromatic N) is 3. The van der Waals surface area contributed by atoms with Crippen molar-refractivity contribution in [3.05, 3.63) is 101 Å². The van der Waals surface area contributed by atoms with E-state index in [2.05, 4.69) is 4.90 Å². The van der Waals surface area contributed by atoms with E-state index in [0.717, 1.165) is 41.3 Å². The van der Waals surface area contributed by atoms with Crippen LogP contribution in [0.1, 0.15) is 24.1 Å². The van der Waals surface area contributed by atoms with Crippen LogP contribution < -0.4 is 9.47 Å². The van der Waals surface area contributed by atoms with Crippen LogP contribution >= 0.6 is 11.6 Å². The van der Waals surface area contributed by atoms with E-state index in [0.29, 0.717) is 30.0 Å². The third-order valence-electron chi connectivity index (χ3n) is 6.20. The largest absolute Gasteiger partial charge is 0.491 e. The quantitative estimate of drug-likeness (QED) is 0.271. The molecule has 0 bridgehead atoms. The number of ether oxygens (including phenoxy) is 2. The van der Waals surface area contributed by atoms with Crippen LogP contribution in [0.5, 0.6) is 17.4 Å². The predicted molar refractivity (Wildman–Crippen MR) is 141 cm³/mol. The van der Waals surface area contributed by atoms with Gasteiger partial charge >= 0.3 is 0 Å². The standard InChI is InChI=1S/C29H30ClN3O3/c1-21-28(19-32(23-15-16-23)18-25(34)20-35-26-11-4-2-5-12-26)29(36-27-13-6-3-7-14-27)33(31-21)24-10-8-9-22(30)17-24/h2-14,17,23,25,34H,15-16,18-20H2,1H3. The van der Waals surface area contributed by atoms with Crippen LogP contribution in [0.3, 0.4) is 0 Å². The number of aryl methyl sites for hydroxylation is 1. The van der Waals surface area contributed by atoms with Crippen molar-refractivity contribution in [1.29, 1.82) is 0 Å². The van der Waals surface area contributed by atoms with Gasteiger partial charge in [0.1, 0.15) is 24.2 Å². The van der Waals surface area contributed by atoms with Crippen molar-refractivity contribution in [3.8, 4) is 23.1 Å². The summed E-state index contributed by atoms with van der Waals surface area (Å²) in [5.41, 5.74) is 2.69. The number of para-hydroxylation sites is 2. The van der Waals surface area contributed by atoms with Crippen molar-refractivity contribution in [2.24, 2.45) is 0 Å². The first kappa shape index (κ1) is 24.4.